The summed E-state index contributed by atoms with van der Waals surface area (Å²) < 4.78 is 14.2. The molecule has 0 saturated heterocycles. The monoisotopic (exact) mass is 911 g/mol. The van der Waals surface area contributed by atoms with Crippen LogP contribution in [0, 0.1) is 0 Å². The molecule has 7 aliphatic rings. The van der Waals surface area contributed by atoms with E-state index in [1.165, 1.54) is 77.9 Å². The van der Waals surface area contributed by atoms with E-state index < -0.39 is 5.41 Å². The second-order valence-corrected chi connectivity index (χ2v) is 19.9. The number of benzene rings is 8. The van der Waals surface area contributed by atoms with Gasteiger partial charge >= 0.3 is 0 Å². The fourth-order valence-electron chi connectivity index (χ4n) is 13.8. The highest BCUT2D eigenvalue weighted by molar-refractivity contribution is 5.96. The van der Waals surface area contributed by atoms with E-state index >= 15 is 0 Å². The van der Waals surface area contributed by atoms with Gasteiger partial charge < -0.3 is 14.4 Å². The Labute approximate surface area is 415 Å². The van der Waals surface area contributed by atoms with Crippen molar-refractivity contribution < 1.29 is 9.47 Å². The topological polar surface area (TPSA) is 21.7 Å². The SMILES string of the molecule is C1=CCCC(C2(C3=CCCC=C3)C3=CC=CC(c4ccc(N(c5ccccc5)c5cccc6c5Oc5cc7c(cc5O6)-c5ccccc5C75c6ccccc6-c6ccccc65)cc4)[C@@H]3c3ccccc32)=C1. The third-order valence-electron chi connectivity index (χ3n) is 16.6. The van der Waals surface area contributed by atoms with Crippen molar-refractivity contribution in [2.75, 3.05) is 4.90 Å². The summed E-state index contributed by atoms with van der Waals surface area (Å²) in [7, 11) is 0. The first-order valence-corrected chi connectivity index (χ1v) is 25.4. The smallest absolute Gasteiger partial charge is 0.194 e. The molecule has 0 N–H and O–H groups in total. The molecule has 6 aliphatic carbocycles. The molecule has 15 rings (SSSR count). The molecule has 338 valence electrons. The molecule has 1 heterocycles. The van der Waals surface area contributed by atoms with Crippen molar-refractivity contribution in [2.45, 2.75) is 48.3 Å². The minimum absolute atomic E-state index is 0.165. The molecule has 0 saturated carbocycles. The van der Waals surface area contributed by atoms with E-state index in [-0.39, 0.29) is 17.3 Å². The molecule has 71 heavy (non-hydrogen) atoms. The molecule has 3 heteroatoms. The Morgan fingerprint density at radius 3 is 1.87 bits per heavy atom. The zero-order valence-corrected chi connectivity index (χ0v) is 39.3. The molecular formula is C68H49NO2. The van der Waals surface area contributed by atoms with Crippen LogP contribution >= 0.6 is 0 Å². The second kappa shape index (κ2) is 15.6. The summed E-state index contributed by atoms with van der Waals surface area (Å²) in [6.07, 6.45) is 25.9. The van der Waals surface area contributed by atoms with E-state index in [0.29, 0.717) is 23.0 Å². The van der Waals surface area contributed by atoms with Gasteiger partial charge in [-0.05, 0) is 147 Å². The van der Waals surface area contributed by atoms with Gasteiger partial charge in [-0.3, -0.25) is 0 Å². The number of allylic oxidation sites excluding steroid dienone is 12. The van der Waals surface area contributed by atoms with E-state index in [4.69, 9.17) is 9.47 Å². The van der Waals surface area contributed by atoms with Gasteiger partial charge in [-0.1, -0.05) is 194 Å². The van der Waals surface area contributed by atoms with E-state index in [2.05, 4.69) is 236 Å². The Bertz CT molecular complexity index is 3690. The summed E-state index contributed by atoms with van der Waals surface area (Å²) in [5, 5.41) is 0. The van der Waals surface area contributed by atoms with Crippen molar-refractivity contribution in [3.05, 3.63) is 292 Å². The number of para-hydroxylation sites is 2. The second-order valence-electron chi connectivity index (χ2n) is 19.9. The zero-order valence-electron chi connectivity index (χ0n) is 39.3. The van der Waals surface area contributed by atoms with Crippen LogP contribution in [0.5, 0.6) is 23.0 Å². The van der Waals surface area contributed by atoms with Gasteiger partial charge in [0, 0.05) is 23.2 Å². The van der Waals surface area contributed by atoms with Gasteiger partial charge in [0.05, 0.1) is 16.5 Å². The van der Waals surface area contributed by atoms with Crippen LogP contribution in [0.1, 0.15) is 76.5 Å². The number of hydrogen-bond acceptors (Lipinski definition) is 3. The number of hydrogen-bond donors (Lipinski definition) is 0. The molecular weight excluding hydrogens is 863 g/mol. The zero-order chi connectivity index (χ0) is 46.7. The standard InChI is InChI=1S/C68H49NO2/c1-4-20-45(21-5-1)67(46-22-6-2-7-23-46)58-34-17-13-29-53(58)65-49(30-18-35-59(65)67)44-38-40-48(41-39-44)69(47-24-8-3-9-25-47)61-36-19-37-62-66(61)71-64-43-60-54(42-63(64)70-62)52-28-12-16-33-57(52)68(60)55-31-14-10-26-50(55)51-27-11-15-32-56(51)68/h1,3-4,6,8-20,22-43,49,65H,2,5,7,21H2/t49?,65-,67?/m1/s1. The van der Waals surface area contributed by atoms with Crippen LogP contribution in [0.4, 0.5) is 17.1 Å². The third-order valence-corrected chi connectivity index (χ3v) is 16.6. The number of nitrogens with zero attached hydrogens (tertiary/aromatic N) is 1. The molecule has 3 atom stereocenters. The largest absolute Gasteiger partial charge is 0.449 e. The van der Waals surface area contributed by atoms with Crippen molar-refractivity contribution >= 4 is 17.1 Å². The first-order chi connectivity index (χ1) is 35.2. The third kappa shape index (κ3) is 5.60. The lowest BCUT2D eigenvalue weighted by molar-refractivity contribution is 0.360. The molecule has 8 aromatic carbocycles. The maximum Gasteiger partial charge on any atom is 0.194 e. The fraction of sp³-hybridized carbons (Fsp3) is 0.118. The molecule has 0 bridgehead atoms. The van der Waals surface area contributed by atoms with Crippen molar-refractivity contribution in [3.8, 4) is 45.3 Å². The average Bonchev–Trinajstić information content (AvgIpc) is 4.03. The molecule has 8 aromatic rings. The summed E-state index contributed by atoms with van der Waals surface area (Å²) in [4.78, 5) is 2.31. The van der Waals surface area contributed by atoms with Gasteiger partial charge in [-0.15, -0.1) is 0 Å². The van der Waals surface area contributed by atoms with E-state index in [0.717, 1.165) is 42.7 Å². The predicted octanol–water partition coefficient (Wildman–Crippen LogP) is 17.6. The van der Waals surface area contributed by atoms with Crippen LogP contribution in [0.25, 0.3) is 22.3 Å². The van der Waals surface area contributed by atoms with Crippen molar-refractivity contribution in [3.63, 3.8) is 0 Å². The molecule has 0 aromatic heterocycles. The van der Waals surface area contributed by atoms with Crippen LogP contribution in [-0.2, 0) is 10.8 Å². The highest BCUT2D eigenvalue weighted by Gasteiger charge is 2.55. The van der Waals surface area contributed by atoms with Gasteiger partial charge in [-0.25, -0.2) is 0 Å². The van der Waals surface area contributed by atoms with Crippen molar-refractivity contribution in [1.82, 2.24) is 0 Å². The number of rotatable bonds is 6. The Morgan fingerprint density at radius 1 is 0.479 bits per heavy atom. The Hall–Kier alpha value is -8.40. The first-order valence-electron chi connectivity index (χ1n) is 25.4. The first kappa shape index (κ1) is 40.5. The van der Waals surface area contributed by atoms with E-state index in [9.17, 15) is 0 Å². The van der Waals surface area contributed by atoms with Crippen LogP contribution < -0.4 is 14.4 Å². The Kier molecular flexibility index (Phi) is 8.87. The van der Waals surface area contributed by atoms with E-state index in [1.54, 1.807) is 0 Å². The summed E-state index contributed by atoms with van der Waals surface area (Å²) in [6, 6.07) is 66.7. The Balaban J connectivity index is 0.828. The van der Waals surface area contributed by atoms with Crippen molar-refractivity contribution in [2.24, 2.45) is 0 Å². The van der Waals surface area contributed by atoms with Gasteiger partial charge in [0.2, 0.25) is 0 Å². The van der Waals surface area contributed by atoms with E-state index in [1.807, 2.05) is 6.07 Å². The maximum absolute atomic E-state index is 7.25. The highest BCUT2D eigenvalue weighted by Crippen LogP contribution is 2.66. The molecule has 2 unspecified atom stereocenters. The minimum atomic E-state index is -0.490. The van der Waals surface area contributed by atoms with Gasteiger partial charge in [0.1, 0.15) is 0 Å². The summed E-state index contributed by atoms with van der Waals surface area (Å²) in [5.74, 6) is 3.17. The summed E-state index contributed by atoms with van der Waals surface area (Å²) >= 11 is 0. The normalized spacial score (nSPS) is 20.6. The number of fused-ring (bicyclic) bond motifs is 15. The quantitative estimate of drug-likeness (QED) is 0.166. The molecule has 1 spiro atoms. The maximum atomic E-state index is 7.25. The Morgan fingerprint density at radius 2 is 1.15 bits per heavy atom. The number of ether oxygens (including phenoxy) is 2. The lowest BCUT2D eigenvalue weighted by atomic mass is 9.61. The van der Waals surface area contributed by atoms with Crippen LogP contribution in [0.15, 0.2) is 253 Å². The van der Waals surface area contributed by atoms with Gasteiger partial charge in [-0.2, -0.15) is 0 Å². The number of anilines is 3. The summed E-state index contributed by atoms with van der Waals surface area (Å²) in [6.45, 7) is 0. The lowest BCUT2D eigenvalue weighted by Gasteiger charge is -2.41. The van der Waals surface area contributed by atoms with Crippen LogP contribution in [0.2, 0.25) is 0 Å². The average molecular weight is 912 g/mol. The molecule has 1 aliphatic heterocycles. The fourth-order valence-corrected chi connectivity index (χ4v) is 13.8. The highest BCUT2D eigenvalue weighted by atomic mass is 16.6. The van der Waals surface area contributed by atoms with Gasteiger partial charge in [0.15, 0.2) is 23.0 Å². The summed E-state index contributed by atoms with van der Waals surface area (Å²) in [5.41, 5.74) is 20.9. The molecule has 0 fully saturated rings. The van der Waals surface area contributed by atoms with Gasteiger partial charge in [0.25, 0.3) is 0 Å². The molecule has 3 nitrogen and oxygen atoms in total. The minimum Gasteiger partial charge on any atom is -0.449 e. The predicted molar refractivity (Wildman–Crippen MR) is 288 cm³/mol. The molecule has 0 amide bonds. The molecule has 0 radical (unpaired) electrons. The van der Waals surface area contributed by atoms with Crippen molar-refractivity contribution in [1.29, 1.82) is 0 Å². The van der Waals surface area contributed by atoms with Crippen LogP contribution in [-0.4, -0.2) is 0 Å². The van der Waals surface area contributed by atoms with Crippen LogP contribution in [0.3, 0.4) is 0 Å². The lowest BCUT2D eigenvalue weighted by Crippen LogP contribution is -2.33.